The molecule has 1 aromatic heterocycles. The lowest BCUT2D eigenvalue weighted by Gasteiger charge is -2.48. The molecule has 0 amide bonds. The summed E-state index contributed by atoms with van der Waals surface area (Å²) in [5.41, 5.74) is 1.35. The molecule has 2 aromatic rings. The van der Waals surface area contributed by atoms with Gasteiger partial charge in [-0.3, -0.25) is 4.98 Å². The number of hydrogen-bond donors (Lipinski definition) is 2. The second kappa shape index (κ2) is 9.59. The van der Waals surface area contributed by atoms with E-state index < -0.39 is 37.2 Å². The molecule has 0 bridgehead atoms. The molecule has 1 aromatic carbocycles. The van der Waals surface area contributed by atoms with Crippen LogP contribution in [-0.4, -0.2) is 36.7 Å². The lowest BCUT2D eigenvalue weighted by molar-refractivity contribution is -0.252. The van der Waals surface area contributed by atoms with Gasteiger partial charge in [-0.25, -0.2) is 0 Å². The summed E-state index contributed by atoms with van der Waals surface area (Å²) in [7, 11) is -2.53. The van der Waals surface area contributed by atoms with Crippen molar-refractivity contribution in [3.05, 3.63) is 63.5 Å². The van der Waals surface area contributed by atoms with Gasteiger partial charge in [0.1, 0.15) is 5.60 Å². The second-order valence-electron chi connectivity index (χ2n) is 15.2. The molecule has 1 saturated heterocycles. The Kier molecular flexibility index (Phi) is 6.95. The number of alkyl halides is 3. The summed E-state index contributed by atoms with van der Waals surface area (Å²) in [5, 5.41) is 25.3. The number of aliphatic hydroxyl groups is 2. The summed E-state index contributed by atoms with van der Waals surface area (Å²) in [6, 6.07) is 4.51. The molecule has 1 saturated carbocycles. The minimum atomic E-state index is -4.52. The first kappa shape index (κ1) is 31.2. The molecule has 2 fully saturated rings. The van der Waals surface area contributed by atoms with Gasteiger partial charge in [0, 0.05) is 54.7 Å². The van der Waals surface area contributed by atoms with Crippen molar-refractivity contribution in [1.29, 1.82) is 0 Å². The van der Waals surface area contributed by atoms with Crippen molar-refractivity contribution < 1.29 is 37.3 Å². The molecule has 0 radical (unpaired) electrons. The van der Waals surface area contributed by atoms with Crippen LogP contribution in [0.2, 0.25) is 18.1 Å². The van der Waals surface area contributed by atoms with Gasteiger partial charge in [-0.1, -0.05) is 46.8 Å². The van der Waals surface area contributed by atoms with E-state index in [1.807, 2.05) is 13.8 Å². The Balaban J connectivity index is 1.65. The van der Waals surface area contributed by atoms with Crippen molar-refractivity contribution in [2.24, 2.45) is 5.41 Å². The van der Waals surface area contributed by atoms with Crippen LogP contribution < -0.4 is 0 Å². The van der Waals surface area contributed by atoms with E-state index in [0.717, 1.165) is 30.7 Å². The van der Waals surface area contributed by atoms with E-state index in [1.165, 1.54) is 12.1 Å². The minimum absolute atomic E-state index is 0.0916. The van der Waals surface area contributed by atoms with Crippen molar-refractivity contribution >= 4 is 8.32 Å². The van der Waals surface area contributed by atoms with Crippen LogP contribution in [-0.2, 0) is 43.7 Å². The number of ether oxygens (including phenoxy) is 2. The van der Waals surface area contributed by atoms with Crippen molar-refractivity contribution in [3.8, 4) is 0 Å². The Morgan fingerprint density at radius 1 is 0.930 bits per heavy atom. The summed E-state index contributed by atoms with van der Waals surface area (Å²) < 4.78 is 60.0. The highest BCUT2D eigenvalue weighted by Gasteiger charge is 2.64. The first-order valence-electron chi connectivity index (χ1n) is 15.4. The number of aromatic nitrogens is 1. The Hall–Kier alpha value is -1.82. The number of nitrogens with zero attached hydrogens (tertiary/aromatic N) is 1. The van der Waals surface area contributed by atoms with E-state index in [4.69, 9.17) is 18.9 Å². The fourth-order valence-electron chi connectivity index (χ4n) is 7.15. The van der Waals surface area contributed by atoms with Crippen LogP contribution in [0.5, 0.6) is 0 Å². The number of fused-ring (bicyclic) bond motifs is 4. The molecule has 3 heterocycles. The van der Waals surface area contributed by atoms with Crippen molar-refractivity contribution in [2.45, 2.75) is 121 Å². The molecule has 2 aliphatic carbocycles. The third-order valence-electron chi connectivity index (χ3n) is 10.6. The molecule has 10 heteroatoms. The largest absolute Gasteiger partial charge is 0.416 e. The standard InChI is InChI=1S/C33H44F3NO5Si/c1-20(2)27-26-25(24-23(37-27)18-29(12-13-29)19-31(24,38)42-43(6,7)28(3,4)5)30(14-16-40-17-15-30)41-32(26,39)21-8-10-22(11-9-21)33(34,35)36/h8-11,20,38-39H,12-19H2,1-7H3/t31-,32?/m0/s1. The van der Waals surface area contributed by atoms with Crippen LogP contribution in [0.15, 0.2) is 24.3 Å². The van der Waals surface area contributed by atoms with Gasteiger partial charge >= 0.3 is 6.18 Å². The molecule has 4 aliphatic rings. The maximum absolute atomic E-state index is 13.5. The summed E-state index contributed by atoms with van der Waals surface area (Å²) in [4.78, 5) is 5.19. The normalized spacial score (nSPS) is 27.9. The van der Waals surface area contributed by atoms with Gasteiger partial charge < -0.3 is 24.1 Å². The number of hydrogen-bond acceptors (Lipinski definition) is 6. The average molecular weight is 620 g/mol. The zero-order valence-corrected chi connectivity index (χ0v) is 27.2. The van der Waals surface area contributed by atoms with Gasteiger partial charge in [0.15, 0.2) is 14.1 Å². The van der Waals surface area contributed by atoms with Crippen molar-refractivity contribution in [2.75, 3.05) is 13.2 Å². The van der Waals surface area contributed by atoms with Crippen LogP contribution in [0, 0.1) is 5.41 Å². The summed E-state index contributed by atoms with van der Waals surface area (Å²) >= 11 is 0. The minimum Gasteiger partial charge on any atom is -0.387 e. The van der Waals surface area contributed by atoms with Gasteiger partial charge in [0.05, 0.1) is 17.0 Å². The topological polar surface area (TPSA) is 81.0 Å². The molecule has 2 atom stereocenters. The first-order valence-corrected chi connectivity index (χ1v) is 18.4. The molecular weight excluding hydrogens is 575 g/mol. The fraction of sp³-hybridized carbons (Fsp3) is 0.667. The van der Waals surface area contributed by atoms with E-state index in [-0.39, 0.29) is 21.9 Å². The molecule has 1 unspecified atom stereocenters. The average Bonchev–Trinajstić information content (AvgIpc) is 3.57. The predicted octanol–water partition coefficient (Wildman–Crippen LogP) is 7.35. The summed E-state index contributed by atoms with van der Waals surface area (Å²) in [6.07, 6.45) is -0.593. The van der Waals surface area contributed by atoms with Crippen molar-refractivity contribution in [1.82, 2.24) is 4.98 Å². The number of halogens is 3. The van der Waals surface area contributed by atoms with E-state index in [0.29, 0.717) is 61.3 Å². The molecule has 6 rings (SSSR count). The van der Waals surface area contributed by atoms with Crippen LogP contribution in [0.25, 0.3) is 0 Å². The molecular formula is C33H44F3NO5Si. The van der Waals surface area contributed by atoms with E-state index in [1.54, 1.807) is 0 Å². The van der Waals surface area contributed by atoms with Gasteiger partial charge in [-0.15, -0.1) is 0 Å². The highest BCUT2D eigenvalue weighted by atomic mass is 28.4. The molecule has 2 N–H and O–H groups in total. The summed E-state index contributed by atoms with van der Waals surface area (Å²) in [5.74, 6) is -3.87. The lowest BCUT2D eigenvalue weighted by Crippen LogP contribution is -2.52. The Morgan fingerprint density at radius 3 is 2.05 bits per heavy atom. The third kappa shape index (κ3) is 4.91. The number of rotatable bonds is 4. The maximum atomic E-state index is 13.5. The molecule has 6 nitrogen and oxygen atoms in total. The smallest absolute Gasteiger partial charge is 0.387 e. The lowest BCUT2D eigenvalue weighted by atomic mass is 9.71. The van der Waals surface area contributed by atoms with Crippen LogP contribution in [0.1, 0.15) is 112 Å². The van der Waals surface area contributed by atoms with Gasteiger partial charge in [0.2, 0.25) is 5.79 Å². The Labute approximate surface area is 253 Å². The van der Waals surface area contributed by atoms with E-state index in [9.17, 15) is 23.4 Å². The number of benzene rings is 1. The second-order valence-corrected chi connectivity index (χ2v) is 19.9. The highest BCUT2D eigenvalue weighted by Crippen LogP contribution is 2.65. The quantitative estimate of drug-likeness (QED) is 0.275. The first-order chi connectivity index (χ1) is 19.8. The zero-order valence-electron chi connectivity index (χ0n) is 26.2. The van der Waals surface area contributed by atoms with Crippen LogP contribution >= 0.6 is 0 Å². The highest BCUT2D eigenvalue weighted by molar-refractivity contribution is 6.74. The fourth-order valence-corrected chi connectivity index (χ4v) is 8.48. The zero-order chi connectivity index (χ0) is 31.4. The Bertz CT molecular complexity index is 1420. The molecule has 43 heavy (non-hydrogen) atoms. The number of pyridine rings is 1. The predicted molar refractivity (Wildman–Crippen MR) is 158 cm³/mol. The van der Waals surface area contributed by atoms with Gasteiger partial charge in [-0.2, -0.15) is 13.2 Å². The van der Waals surface area contributed by atoms with Crippen LogP contribution in [0.4, 0.5) is 13.2 Å². The molecule has 2 aliphatic heterocycles. The maximum Gasteiger partial charge on any atom is 0.416 e. The third-order valence-corrected chi connectivity index (χ3v) is 15.1. The van der Waals surface area contributed by atoms with E-state index >= 15 is 0 Å². The van der Waals surface area contributed by atoms with Gasteiger partial charge in [0.25, 0.3) is 0 Å². The Morgan fingerprint density at radius 2 is 1.53 bits per heavy atom. The summed E-state index contributed by atoms with van der Waals surface area (Å²) in [6.45, 7) is 15.4. The SMILES string of the molecule is CC(C)c1nc2c(c3c1C(O)(c1ccc(C(F)(F)F)cc1)OC31CCOCC1)[C@@](O)(O[Si](C)(C)C(C)(C)C)CC1(CC1)C2. The van der Waals surface area contributed by atoms with E-state index in [2.05, 4.69) is 33.9 Å². The monoisotopic (exact) mass is 619 g/mol. The molecule has 236 valence electrons. The van der Waals surface area contributed by atoms with Crippen molar-refractivity contribution in [3.63, 3.8) is 0 Å². The van der Waals surface area contributed by atoms with Crippen LogP contribution in [0.3, 0.4) is 0 Å². The van der Waals surface area contributed by atoms with Gasteiger partial charge in [-0.05, 0) is 60.9 Å². The molecule has 2 spiro atoms.